The molecule has 0 spiro atoms. The maximum absolute atomic E-state index is 11.9. The molecular weight excluding hydrogens is 234 g/mol. The number of nitrogens with one attached hydrogen (secondary N) is 1. The normalized spacial score (nSPS) is 26.9. The van der Waals surface area contributed by atoms with Gasteiger partial charge in [0.2, 0.25) is 5.91 Å². The minimum atomic E-state index is -0.138. The highest BCUT2D eigenvalue weighted by Crippen LogP contribution is 2.47. The molecular formula is C12H23N3OS. The van der Waals surface area contributed by atoms with Gasteiger partial charge in [-0.1, -0.05) is 6.42 Å². The van der Waals surface area contributed by atoms with E-state index in [9.17, 15) is 4.79 Å². The summed E-state index contributed by atoms with van der Waals surface area (Å²) >= 11 is 1.83. The van der Waals surface area contributed by atoms with E-state index in [-0.39, 0.29) is 16.7 Å². The van der Waals surface area contributed by atoms with Gasteiger partial charge in [0.1, 0.15) is 6.04 Å². The monoisotopic (exact) mass is 257 g/mol. The van der Waals surface area contributed by atoms with Crippen LogP contribution in [0.25, 0.3) is 0 Å². The third kappa shape index (κ3) is 2.61. The Balaban J connectivity index is 2.12. The first kappa shape index (κ1) is 13.2. The number of hydrogen-bond donors (Lipinski definition) is 2. The largest absolute Gasteiger partial charge is 0.368 e. The Bertz CT molecular complexity index is 267. The Morgan fingerprint density at radius 3 is 2.65 bits per heavy atom. The third-order valence-electron chi connectivity index (χ3n) is 4.11. The Morgan fingerprint density at radius 1 is 1.35 bits per heavy atom. The van der Waals surface area contributed by atoms with Gasteiger partial charge in [0.25, 0.3) is 0 Å². The van der Waals surface area contributed by atoms with Crippen molar-refractivity contribution in [1.29, 1.82) is 0 Å². The van der Waals surface area contributed by atoms with Gasteiger partial charge in [-0.05, 0) is 32.1 Å². The van der Waals surface area contributed by atoms with Crippen LogP contribution < -0.4 is 11.1 Å². The third-order valence-corrected chi connectivity index (χ3v) is 5.56. The molecule has 0 bridgehead atoms. The molecule has 1 atom stereocenters. The van der Waals surface area contributed by atoms with Crippen LogP contribution in [-0.2, 0) is 4.79 Å². The summed E-state index contributed by atoms with van der Waals surface area (Å²) in [7, 11) is 0. The van der Waals surface area contributed by atoms with Crippen molar-refractivity contribution in [2.45, 2.75) is 36.5 Å². The molecule has 1 saturated heterocycles. The first-order chi connectivity index (χ1) is 8.19. The number of nitrogens with two attached hydrogens (primary N) is 1. The minimum Gasteiger partial charge on any atom is -0.368 e. The Kier molecular flexibility index (Phi) is 4.33. The van der Waals surface area contributed by atoms with Gasteiger partial charge in [-0.3, -0.25) is 9.69 Å². The first-order valence-corrected chi connectivity index (χ1v) is 7.71. The van der Waals surface area contributed by atoms with Crippen LogP contribution in [0.4, 0.5) is 0 Å². The van der Waals surface area contributed by atoms with Gasteiger partial charge in [-0.25, -0.2) is 0 Å². The van der Waals surface area contributed by atoms with Crippen LogP contribution in [0.1, 0.15) is 25.7 Å². The standard InChI is InChI=1S/C12H23N3OS/c1-17-12(4-2-5-12)10(11(13)16)15-8-3-6-14-7-9-15/h10,14H,2-9H2,1H3,(H2,13,16). The predicted octanol–water partition coefficient (Wildman–Crippen LogP) is 0.421. The van der Waals surface area contributed by atoms with E-state index in [1.54, 1.807) is 0 Å². The molecule has 17 heavy (non-hydrogen) atoms. The van der Waals surface area contributed by atoms with Gasteiger partial charge < -0.3 is 11.1 Å². The molecule has 2 aliphatic rings. The zero-order valence-corrected chi connectivity index (χ0v) is 11.4. The van der Waals surface area contributed by atoms with Crippen molar-refractivity contribution in [1.82, 2.24) is 10.2 Å². The van der Waals surface area contributed by atoms with E-state index in [1.807, 2.05) is 11.8 Å². The lowest BCUT2D eigenvalue weighted by atomic mass is 9.77. The van der Waals surface area contributed by atoms with Crippen molar-refractivity contribution in [3.63, 3.8) is 0 Å². The zero-order chi connectivity index (χ0) is 12.3. The number of carbonyl (C=O) groups is 1. The highest BCUT2D eigenvalue weighted by Gasteiger charge is 2.48. The van der Waals surface area contributed by atoms with Crippen LogP contribution in [0.3, 0.4) is 0 Å². The van der Waals surface area contributed by atoms with Crippen molar-refractivity contribution >= 4 is 17.7 Å². The molecule has 1 amide bonds. The lowest BCUT2D eigenvalue weighted by Crippen LogP contribution is -2.61. The molecule has 0 aromatic heterocycles. The zero-order valence-electron chi connectivity index (χ0n) is 10.6. The number of carbonyl (C=O) groups excluding carboxylic acids is 1. The number of amides is 1. The highest BCUT2D eigenvalue weighted by molar-refractivity contribution is 8.00. The summed E-state index contributed by atoms with van der Waals surface area (Å²) in [6.45, 7) is 3.95. The highest BCUT2D eigenvalue weighted by atomic mass is 32.2. The average molecular weight is 257 g/mol. The second kappa shape index (κ2) is 5.59. The smallest absolute Gasteiger partial charge is 0.236 e. The number of primary amides is 1. The molecule has 0 aromatic carbocycles. The molecule has 4 nitrogen and oxygen atoms in total. The van der Waals surface area contributed by atoms with Crippen LogP contribution >= 0.6 is 11.8 Å². The van der Waals surface area contributed by atoms with Crippen LogP contribution in [0.5, 0.6) is 0 Å². The number of thioether (sulfide) groups is 1. The number of hydrogen-bond acceptors (Lipinski definition) is 4. The fraction of sp³-hybridized carbons (Fsp3) is 0.917. The quantitative estimate of drug-likeness (QED) is 0.766. The summed E-state index contributed by atoms with van der Waals surface area (Å²) < 4.78 is 0.0934. The van der Waals surface area contributed by atoms with Gasteiger partial charge in [0, 0.05) is 24.4 Å². The van der Waals surface area contributed by atoms with E-state index in [0.717, 1.165) is 45.4 Å². The van der Waals surface area contributed by atoms with Gasteiger partial charge in [0.15, 0.2) is 0 Å². The molecule has 2 fully saturated rings. The Labute approximate surface area is 108 Å². The van der Waals surface area contributed by atoms with E-state index in [0.29, 0.717) is 0 Å². The van der Waals surface area contributed by atoms with E-state index >= 15 is 0 Å². The molecule has 98 valence electrons. The molecule has 1 heterocycles. The van der Waals surface area contributed by atoms with Crippen molar-refractivity contribution < 1.29 is 4.79 Å². The fourth-order valence-electron chi connectivity index (χ4n) is 3.01. The summed E-state index contributed by atoms with van der Waals surface area (Å²) in [6.07, 6.45) is 6.72. The summed E-state index contributed by atoms with van der Waals surface area (Å²) in [6, 6.07) is -0.0776. The molecule has 3 N–H and O–H groups in total. The maximum atomic E-state index is 11.9. The lowest BCUT2D eigenvalue weighted by molar-refractivity contribution is -0.125. The Hall–Kier alpha value is -0.260. The molecule has 2 rings (SSSR count). The second-order valence-corrected chi connectivity index (χ2v) is 6.29. The average Bonchev–Trinajstić information content (AvgIpc) is 2.51. The summed E-state index contributed by atoms with van der Waals surface area (Å²) in [4.78, 5) is 14.2. The molecule has 1 aliphatic carbocycles. The SMILES string of the molecule is CSC1(C(C(N)=O)N2CCCNCC2)CCC1. The van der Waals surface area contributed by atoms with Crippen molar-refractivity contribution in [2.75, 3.05) is 32.4 Å². The molecule has 0 radical (unpaired) electrons. The van der Waals surface area contributed by atoms with Crippen LogP contribution in [-0.4, -0.2) is 54.0 Å². The summed E-state index contributed by atoms with van der Waals surface area (Å²) in [5.74, 6) is -0.138. The fourth-order valence-corrected chi connectivity index (χ4v) is 4.20. The summed E-state index contributed by atoms with van der Waals surface area (Å²) in [5, 5.41) is 3.38. The second-order valence-electron chi connectivity index (χ2n) is 5.07. The van der Waals surface area contributed by atoms with Gasteiger partial charge >= 0.3 is 0 Å². The van der Waals surface area contributed by atoms with Crippen molar-refractivity contribution in [3.05, 3.63) is 0 Å². The number of nitrogens with zero attached hydrogens (tertiary/aromatic N) is 1. The van der Waals surface area contributed by atoms with E-state index in [1.165, 1.54) is 6.42 Å². The van der Waals surface area contributed by atoms with Crippen LogP contribution in [0.2, 0.25) is 0 Å². The van der Waals surface area contributed by atoms with Crippen LogP contribution in [0.15, 0.2) is 0 Å². The first-order valence-electron chi connectivity index (χ1n) is 6.49. The minimum absolute atomic E-state index is 0.0776. The Morgan fingerprint density at radius 2 is 2.12 bits per heavy atom. The van der Waals surface area contributed by atoms with Gasteiger partial charge in [-0.2, -0.15) is 11.8 Å². The van der Waals surface area contributed by atoms with Crippen LogP contribution in [0, 0.1) is 0 Å². The lowest BCUT2D eigenvalue weighted by Gasteiger charge is -2.49. The van der Waals surface area contributed by atoms with Gasteiger partial charge in [0.05, 0.1) is 0 Å². The van der Waals surface area contributed by atoms with E-state index in [4.69, 9.17) is 5.73 Å². The molecule has 1 aliphatic heterocycles. The number of rotatable bonds is 4. The topological polar surface area (TPSA) is 58.4 Å². The molecule has 1 unspecified atom stereocenters. The summed E-state index contributed by atoms with van der Waals surface area (Å²) in [5.41, 5.74) is 5.68. The molecule has 0 aromatic rings. The molecule has 1 saturated carbocycles. The predicted molar refractivity (Wildman–Crippen MR) is 72.1 cm³/mol. The van der Waals surface area contributed by atoms with Crippen molar-refractivity contribution in [3.8, 4) is 0 Å². The van der Waals surface area contributed by atoms with Crippen molar-refractivity contribution in [2.24, 2.45) is 5.73 Å². The van der Waals surface area contributed by atoms with E-state index in [2.05, 4.69) is 16.5 Å². The van der Waals surface area contributed by atoms with Gasteiger partial charge in [-0.15, -0.1) is 0 Å². The van der Waals surface area contributed by atoms with E-state index < -0.39 is 0 Å². The molecule has 5 heteroatoms. The maximum Gasteiger partial charge on any atom is 0.236 e.